The molecule has 1 amide bonds. The average Bonchev–Trinajstić information content (AvgIpc) is 3.05. The summed E-state index contributed by atoms with van der Waals surface area (Å²) in [5, 5.41) is 18.6. The monoisotopic (exact) mass is 408 g/mol. The maximum Gasteiger partial charge on any atom is 0.254 e. The minimum absolute atomic E-state index is 0.152. The van der Waals surface area contributed by atoms with Crippen molar-refractivity contribution in [1.29, 1.82) is 0 Å². The standard InChI is InChI=1S/C22H28N6O2/c1-14-18-8-9-23-13-19(18)28(27-14)21-24-11-16(12-25-21)20(29)26-17-6-4-15(5-7-17)10-22(2,3)30/h8-9,11-13,15,17,30H,4-7,10H2,1-3H3,(H,26,29). The van der Waals surface area contributed by atoms with E-state index >= 15 is 0 Å². The van der Waals surface area contributed by atoms with Crippen LogP contribution in [0.3, 0.4) is 0 Å². The predicted molar refractivity (Wildman–Crippen MR) is 113 cm³/mol. The molecule has 1 aliphatic carbocycles. The molecule has 1 fully saturated rings. The lowest BCUT2D eigenvalue weighted by Gasteiger charge is -2.32. The number of rotatable bonds is 5. The lowest BCUT2D eigenvalue weighted by atomic mass is 9.80. The second-order valence-electron chi connectivity index (χ2n) is 8.87. The molecule has 30 heavy (non-hydrogen) atoms. The van der Waals surface area contributed by atoms with Gasteiger partial charge < -0.3 is 10.4 Å². The van der Waals surface area contributed by atoms with Gasteiger partial charge in [-0.3, -0.25) is 9.78 Å². The van der Waals surface area contributed by atoms with E-state index in [1.54, 1.807) is 17.1 Å². The third kappa shape index (κ3) is 4.48. The van der Waals surface area contributed by atoms with Crippen molar-refractivity contribution in [2.24, 2.45) is 5.92 Å². The Bertz CT molecular complexity index is 1030. The Morgan fingerprint density at radius 2 is 1.90 bits per heavy atom. The molecule has 0 saturated heterocycles. The quantitative estimate of drug-likeness (QED) is 0.672. The van der Waals surface area contributed by atoms with E-state index in [0.717, 1.165) is 48.7 Å². The summed E-state index contributed by atoms with van der Waals surface area (Å²) in [5.74, 6) is 0.767. The largest absolute Gasteiger partial charge is 0.390 e. The van der Waals surface area contributed by atoms with Crippen LogP contribution in [0.2, 0.25) is 0 Å². The van der Waals surface area contributed by atoms with Gasteiger partial charge >= 0.3 is 0 Å². The van der Waals surface area contributed by atoms with Gasteiger partial charge in [-0.05, 0) is 64.9 Å². The van der Waals surface area contributed by atoms with Gasteiger partial charge in [0.15, 0.2) is 0 Å². The van der Waals surface area contributed by atoms with E-state index in [9.17, 15) is 9.90 Å². The number of aryl methyl sites for hydroxylation is 1. The third-order valence-corrected chi connectivity index (χ3v) is 5.73. The highest BCUT2D eigenvalue weighted by Gasteiger charge is 2.27. The lowest BCUT2D eigenvalue weighted by molar-refractivity contribution is 0.0433. The fraction of sp³-hybridized carbons (Fsp3) is 0.500. The molecular formula is C22H28N6O2. The summed E-state index contributed by atoms with van der Waals surface area (Å²) in [6, 6.07) is 2.06. The van der Waals surface area contributed by atoms with Crippen molar-refractivity contribution in [2.75, 3.05) is 0 Å². The molecular weight excluding hydrogens is 380 g/mol. The fourth-order valence-corrected chi connectivity index (χ4v) is 4.30. The molecule has 0 unspecified atom stereocenters. The van der Waals surface area contributed by atoms with Crippen LogP contribution < -0.4 is 5.32 Å². The number of carbonyl (C=O) groups is 1. The minimum Gasteiger partial charge on any atom is -0.390 e. The van der Waals surface area contributed by atoms with Crippen molar-refractivity contribution in [3.8, 4) is 5.95 Å². The van der Waals surface area contributed by atoms with Crippen LogP contribution in [-0.4, -0.2) is 47.4 Å². The van der Waals surface area contributed by atoms with Crippen LogP contribution in [0.1, 0.15) is 62.0 Å². The van der Waals surface area contributed by atoms with Crippen LogP contribution in [-0.2, 0) is 0 Å². The SMILES string of the molecule is Cc1nn(-c2ncc(C(=O)NC3CCC(CC(C)(C)O)CC3)cn2)c2cnccc12. The van der Waals surface area contributed by atoms with Crippen LogP contribution >= 0.6 is 0 Å². The normalized spacial score (nSPS) is 19.7. The Morgan fingerprint density at radius 3 is 2.57 bits per heavy atom. The van der Waals surface area contributed by atoms with Gasteiger partial charge in [-0.2, -0.15) is 9.78 Å². The number of aliphatic hydroxyl groups is 1. The number of hydrogen-bond acceptors (Lipinski definition) is 6. The van der Waals surface area contributed by atoms with Crippen molar-refractivity contribution in [2.45, 2.75) is 64.5 Å². The highest BCUT2D eigenvalue weighted by Crippen LogP contribution is 2.30. The molecule has 0 radical (unpaired) electrons. The lowest BCUT2D eigenvalue weighted by Crippen LogP contribution is -2.38. The molecule has 8 nitrogen and oxygen atoms in total. The Labute approximate surface area is 175 Å². The van der Waals surface area contributed by atoms with Gasteiger partial charge in [-0.1, -0.05) is 0 Å². The molecule has 158 valence electrons. The summed E-state index contributed by atoms with van der Waals surface area (Å²) >= 11 is 0. The van der Waals surface area contributed by atoms with Gasteiger partial charge in [-0.25, -0.2) is 9.97 Å². The smallest absolute Gasteiger partial charge is 0.254 e. The Hall–Kier alpha value is -2.87. The summed E-state index contributed by atoms with van der Waals surface area (Å²) in [6.45, 7) is 5.64. The molecule has 1 saturated carbocycles. The molecule has 1 aliphatic rings. The number of hydrogen-bond donors (Lipinski definition) is 2. The molecule has 3 heterocycles. The maximum absolute atomic E-state index is 12.6. The fourth-order valence-electron chi connectivity index (χ4n) is 4.30. The molecule has 0 aromatic carbocycles. The second-order valence-corrected chi connectivity index (χ2v) is 8.87. The van der Waals surface area contributed by atoms with Crippen LogP contribution in [0.25, 0.3) is 16.9 Å². The topological polar surface area (TPSA) is 106 Å². The zero-order chi connectivity index (χ0) is 21.3. The molecule has 3 aromatic heterocycles. The number of carbonyl (C=O) groups excluding carboxylic acids is 1. The van der Waals surface area contributed by atoms with E-state index in [2.05, 4.69) is 25.4 Å². The highest BCUT2D eigenvalue weighted by molar-refractivity contribution is 5.93. The first kappa shape index (κ1) is 20.4. The zero-order valence-corrected chi connectivity index (χ0v) is 17.7. The van der Waals surface area contributed by atoms with E-state index in [-0.39, 0.29) is 11.9 Å². The van der Waals surface area contributed by atoms with Crippen LogP contribution in [0.5, 0.6) is 0 Å². The van der Waals surface area contributed by atoms with Crippen molar-refractivity contribution >= 4 is 16.8 Å². The van der Waals surface area contributed by atoms with Crippen molar-refractivity contribution in [3.05, 3.63) is 42.1 Å². The Morgan fingerprint density at radius 1 is 1.20 bits per heavy atom. The molecule has 0 spiro atoms. The third-order valence-electron chi connectivity index (χ3n) is 5.73. The highest BCUT2D eigenvalue weighted by atomic mass is 16.3. The number of nitrogens with zero attached hydrogens (tertiary/aromatic N) is 5. The van der Waals surface area contributed by atoms with Gasteiger partial charge in [0, 0.05) is 30.0 Å². The van der Waals surface area contributed by atoms with Gasteiger partial charge in [0.2, 0.25) is 0 Å². The van der Waals surface area contributed by atoms with E-state index in [0.29, 0.717) is 17.4 Å². The van der Waals surface area contributed by atoms with Gasteiger partial charge in [0.05, 0.1) is 28.6 Å². The molecule has 4 rings (SSSR count). The summed E-state index contributed by atoms with van der Waals surface area (Å²) in [7, 11) is 0. The molecule has 8 heteroatoms. The Balaban J connectivity index is 1.39. The zero-order valence-electron chi connectivity index (χ0n) is 17.7. The van der Waals surface area contributed by atoms with Crippen molar-refractivity contribution in [3.63, 3.8) is 0 Å². The molecule has 0 aliphatic heterocycles. The first-order valence-corrected chi connectivity index (χ1v) is 10.5. The molecule has 0 bridgehead atoms. The van der Waals surface area contributed by atoms with Crippen molar-refractivity contribution < 1.29 is 9.90 Å². The van der Waals surface area contributed by atoms with Crippen LogP contribution in [0, 0.1) is 12.8 Å². The van der Waals surface area contributed by atoms with Gasteiger partial charge in [0.1, 0.15) is 0 Å². The summed E-state index contributed by atoms with van der Waals surface area (Å²) < 4.78 is 1.64. The maximum atomic E-state index is 12.6. The van der Waals surface area contributed by atoms with Gasteiger partial charge in [0.25, 0.3) is 11.9 Å². The first-order chi connectivity index (χ1) is 14.3. The van der Waals surface area contributed by atoms with Crippen LogP contribution in [0.15, 0.2) is 30.9 Å². The number of pyridine rings is 1. The number of aromatic nitrogens is 5. The van der Waals surface area contributed by atoms with E-state index < -0.39 is 5.60 Å². The molecule has 3 aromatic rings. The number of nitrogens with one attached hydrogen (secondary N) is 1. The minimum atomic E-state index is -0.631. The second kappa shape index (κ2) is 8.10. The summed E-state index contributed by atoms with van der Waals surface area (Å²) in [4.78, 5) is 25.5. The number of amides is 1. The van der Waals surface area contributed by atoms with Crippen LogP contribution in [0.4, 0.5) is 0 Å². The van der Waals surface area contributed by atoms with Gasteiger partial charge in [-0.15, -0.1) is 0 Å². The van der Waals surface area contributed by atoms with E-state index in [4.69, 9.17) is 0 Å². The van der Waals surface area contributed by atoms with Crippen molar-refractivity contribution in [1.82, 2.24) is 30.0 Å². The summed E-state index contributed by atoms with van der Waals surface area (Å²) in [6.07, 6.45) is 11.2. The van der Waals surface area contributed by atoms with E-state index in [1.807, 2.05) is 26.8 Å². The Kier molecular flexibility index (Phi) is 5.51. The number of fused-ring (bicyclic) bond motifs is 1. The molecule has 2 N–H and O–H groups in total. The molecule has 0 atom stereocenters. The predicted octanol–water partition coefficient (Wildman–Crippen LogP) is 2.97. The van der Waals surface area contributed by atoms with E-state index in [1.165, 1.54) is 12.4 Å². The first-order valence-electron chi connectivity index (χ1n) is 10.5. The summed E-state index contributed by atoms with van der Waals surface area (Å²) in [5.41, 5.74) is 1.51. The average molecular weight is 409 g/mol.